The van der Waals surface area contributed by atoms with Crippen LogP contribution in [0.4, 0.5) is 11.4 Å². The summed E-state index contributed by atoms with van der Waals surface area (Å²) in [5, 5.41) is 14.4. The molecule has 2 aliphatic heterocycles. The summed E-state index contributed by atoms with van der Waals surface area (Å²) < 4.78 is 0. The molecule has 2 aromatic carbocycles. The second kappa shape index (κ2) is 11.4. The molecule has 0 radical (unpaired) electrons. The molecule has 0 bridgehead atoms. The molecule has 8 heteroatoms. The van der Waals surface area contributed by atoms with Gasteiger partial charge >= 0.3 is 5.97 Å². The first kappa shape index (κ1) is 25.4. The number of anilines is 2. The Kier molecular flexibility index (Phi) is 8.52. The van der Waals surface area contributed by atoms with E-state index in [1.54, 1.807) is 6.07 Å². The Bertz CT molecular complexity index is 1010. The van der Waals surface area contributed by atoms with Gasteiger partial charge in [0.25, 0.3) is 0 Å². The number of carbonyl (C=O) groups is 1. The summed E-state index contributed by atoms with van der Waals surface area (Å²) in [6.45, 7) is 6.85. The third kappa shape index (κ3) is 6.31. The molecule has 2 saturated heterocycles. The minimum absolute atomic E-state index is 0.0188. The van der Waals surface area contributed by atoms with Crippen molar-refractivity contribution in [3.8, 4) is 0 Å². The molecule has 2 aromatic rings. The summed E-state index contributed by atoms with van der Waals surface area (Å²) >= 11 is 19.0. The number of piperidine rings is 1. The maximum Gasteiger partial charge on any atom is 0.304 e. The first-order valence-electron chi connectivity index (χ1n) is 12.0. The average Bonchev–Trinajstić information content (AvgIpc) is 3.28. The van der Waals surface area contributed by atoms with E-state index in [-0.39, 0.29) is 12.5 Å². The van der Waals surface area contributed by atoms with Crippen LogP contribution >= 0.6 is 34.8 Å². The van der Waals surface area contributed by atoms with E-state index in [1.807, 2.05) is 18.2 Å². The minimum atomic E-state index is -0.709. The van der Waals surface area contributed by atoms with E-state index in [9.17, 15) is 4.79 Å². The highest BCUT2D eigenvalue weighted by atomic mass is 35.5. The van der Waals surface area contributed by atoms with Gasteiger partial charge in [0, 0.05) is 41.9 Å². The van der Waals surface area contributed by atoms with Gasteiger partial charge in [0.15, 0.2) is 0 Å². The fraction of sp³-hybridized carbons (Fsp3) is 0.500. The molecule has 2 unspecified atom stereocenters. The van der Waals surface area contributed by atoms with Crippen LogP contribution in [0, 0.1) is 11.8 Å². The molecule has 2 atom stereocenters. The largest absolute Gasteiger partial charge is 0.481 e. The number of rotatable bonds is 8. The molecule has 0 saturated carbocycles. The van der Waals surface area contributed by atoms with Crippen LogP contribution in [0.15, 0.2) is 36.4 Å². The number of carboxylic acids is 1. The zero-order valence-corrected chi connectivity index (χ0v) is 21.7. The van der Waals surface area contributed by atoms with Gasteiger partial charge in [-0.3, -0.25) is 4.79 Å². The number of benzene rings is 2. The number of halogens is 3. The van der Waals surface area contributed by atoms with Gasteiger partial charge in [-0.1, -0.05) is 40.9 Å². The Morgan fingerprint density at radius 3 is 2.47 bits per heavy atom. The maximum atomic E-state index is 10.9. The lowest BCUT2D eigenvalue weighted by Gasteiger charge is -2.36. The Labute approximate surface area is 217 Å². The van der Waals surface area contributed by atoms with Crippen LogP contribution in [0.3, 0.4) is 0 Å². The molecule has 0 spiro atoms. The molecule has 34 heavy (non-hydrogen) atoms. The standard InChI is InChI=1S/C26H32Cl3N3O2/c1-17(22-4-2-20(27)14-24(22)29)30-25-15-21(3-5-23(25)28)32-12-7-18(8-13-32)19-6-10-31(16-19)11-9-26(33)34/h2-5,14-15,17-19,30H,6-13,16H2,1H3,(H,33,34). The first-order chi connectivity index (χ1) is 16.3. The number of nitrogens with zero attached hydrogens (tertiary/aromatic N) is 2. The van der Waals surface area contributed by atoms with E-state index in [0.717, 1.165) is 37.4 Å². The molecule has 0 aliphatic carbocycles. The van der Waals surface area contributed by atoms with Crippen molar-refractivity contribution in [2.45, 2.75) is 38.6 Å². The van der Waals surface area contributed by atoms with E-state index in [1.165, 1.54) is 24.9 Å². The van der Waals surface area contributed by atoms with Crippen LogP contribution < -0.4 is 10.2 Å². The SMILES string of the molecule is CC(Nc1cc(N2CCC(C3CCN(CCC(=O)O)C3)CC2)ccc1Cl)c1ccc(Cl)cc1Cl. The second-order valence-electron chi connectivity index (χ2n) is 9.51. The van der Waals surface area contributed by atoms with E-state index in [4.69, 9.17) is 39.9 Å². The molecule has 184 valence electrons. The van der Waals surface area contributed by atoms with E-state index < -0.39 is 5.97 Å². The van der Waals surface area contributed by atoms with Crippen molar-refractivity contribution in [2.75, 3.05) is 42.9 Å². The van der Waals surface area contributed by atoms with Gasteiger partial charge in [-0.15, -0.1) is 0 Å². The molecule has 2 aliphatic rings. The molecule has 2 N–H and O–H groups in total. The minimum Gasteiger partial charge on any atom is -0.481 e. The molecule has 5 nitrogen and oxygen atoms in total. The highest BCUT2D eigenvalue weighted by Gasteiger charge is 2.32. The second-order valence-corrected chi connectivity index (χ2v) is 10.8. The number of hydrogen-bond donors (Lipinski definition) is 2. The number of likely N-dealkylation sites (tertiary alicyclic amines) is 1. The van der Waals surface area contributed by atoms with Gasteiger partial charge in [-0.25, -0.2) is 0 Å². The van der Waals surface area contributed by atoms with Gasteiger partial charge in [-0.05, 0) is 80.5 Å². The molecule has 0 amide bonds. The summed E-state index contributed by atoms with van der Waals surface area (Å²) in [5.74, 6) is 0.686. The third-order valence-electron chi connectivity index (χ3n) is 7.27. The first-order valence-corrected chi connectivity index (χ1v) is 13.1. The molecule has 4 rings (SSSR count). The highest BCUT2D eigenvalue weighted by Crippen LogP contribution is 2.36. The summed E-state index contributed by atoms with van der Waals surface area (Å²) in [4.78, 5) is 15.6. The van der Waals surface area contributed by atoms with E-state index in [2.05, 4.69) is 34.2 Å². The number of nitrogens with one attached hydrogen (secondary N) is 1. The van der Waals surface area contributed by atoms with Gasteiger partial charge in [0.1, 0.15) is 0 Å². The van der Waals surface area contributed by atoms with Crippen molar-refractivity contribution < 1.29 is 9.90 Å². The maximum absolute atomic E-state index is 10.9. The van der Waals surface area contributed by atoms with Gasteiger partial charge < -0.3 is 20.2 Å². The Morgan fingerprint density at radius 2 is 1.76 bits per heavy atom. The van der Waals surface area contributed by atoms with Gasteiger partial charge in [-0.2, -0.15) is 0 Å². The van der Waals surface area contributed by atoms with Crippen molar-refractivity contribution in [2.24, 2.45) is 11.8 Å². The van der Waals surface area contributed by atoms with E-state index >= 15 is 0 Å². The van der Waals surface area contributed by atoms with Crippen LogP contribution in [0.1, 0.15) is 44.2 Å². The summed E-state index contributed by atoms with van der Waals surface area (Å²) in [5.41, 5.74) is 3.04. The Balaban J connectivity index is 1.34. The molecule has 0 aromatic heterocycles. The predicted molar refractivity (Wildman–Crippen MR) is 142 cm³/mol. The predicted octanol–water partition coefficient (Wildman–Crippen LogP) is 6.83. The van der Waals surface area contributed by atoms with Crippen molar-refractivity contribution in [3.63, 3.8) is 0 Å². The molecular weight excluding hydrogens is 493 g/mol. The van der Waals surface area contributed by atoms with Crippen LogP contribution in [-0.4, -0.2) is 48.7 Å². The lowest BCUT2D eigenvalue weighted by atomic mass is 9.83. The highest BCUT2D eigenvalue weighted by molar-refractivity contribution is 6.35. The van der Waals surface area contributed by atoms with Gasteiger partial charge in [0.05, 0.1) is 23.2 Å². The molecular formula is C26H32Cl3N3O2. The number of aliphatic carboxylic acids is 1. The van der Waals surface area contributed by atoms with Crippen LogP contribution in [-0.2, 0) is 4.79 Å². The lowest BCUT2D eigenvalue weighted by molar-refractivity contribution is -0.137. The topological polar surface area (TPSA) is 55.8 Å². The van der Waals surface area contributed by atoms with E-state index in [0.29, 0.717) is 33.4 Å². The fourth-order valence-electron chi connectivity index (χ4n) is 5.32. The van der Waals surface area contributed by atoms with Crippen LogP contribution in [0.25, 0.3) is 0 Å². The quantitative estimate of drug-likeness (QED) is 0.396. The zero-order chi connectivity index (χ0) is 24.2. The summed E-state index contributed by atoms with van der Waals surface area (Å²) in [6.07, 6.45) is 3.75. The smallest absolute Gasteiger partial charge is 0.304 e. The van der Waals surface area contributed by atoms with Crippen molar-refractivity contribution in [1.82, 2.24) is 4.90 Å². The normalized spacial score (nSPS) is 20.5. The Morgan fingerprint density at radius 1 is 1.03 bits per heavy atom. The third-order valence-corrected chi connectivity index (χ3v) is 8.17. The Hall–Kier alpha value is -1.66. The molecule has 2 heterocycles. The summed E-state index contributed by atoms with van der Waals surface area (Å²) in [6, 6.07) is 11.7. The van der Waals surface area contributed by atoms with Crippen molar-refractivity contribution in [1.29, 1.82) is 0 Å². The average molecular weight is 525 g/mol. The van der Waals surface area contributed by atoms with Crippen LogP contribution in [0.5, 0.6) is 0 Å². The van der Waals surface area contributed by atoms with Crippen molar-refractivity contribution >= 4 is 52.1 Å². The number of hydrogen-bond acceptors (Lipinski definition) is 4. The summed E-state index contributed by atoms with van der Waals surface area (Å²) in [7, 11) is 0. The number of carboxylic acid groups (broad SMARTS) is 1. The monoisotopic (exact) mass is 523 g/mol. The zero-order valence-electron chi connectivity index (χ0n) is 19.4. The fourth-order valence-corrected chi connectivity index (χ4v) is 6.06. The van der Waals surface area contributed by atoms with Crippen LogP contribution in [0.2, 0.25) is 15.1 Å². The lowest BCUT2D eigenvalue weighted by Crippen LogP contribution is -2.37. The molecule has 2 fully saturated rings. The van der Waals surface area contributed by atoms with Crippen molar-refractivity contribution in [3.05, 3.63) is 57.0 Å². The van der Waals surface area contributed by atoms with Gasteiger partial charge in [0.2, 0.25) is 0 Å².